The summed E-state index contributed by atoms with van der Waals surface area (Å²) in [4.78, 5) is 36.0. The number of hydrogen-bond acceptors (Lipinski definition) is 5. The first kappa shape index (κ1) is 16.8. The van der Waals surface area contributed by atoms with Crippen molar-refractivity contribution in [3.63, 3.8) is 0 Å². The summed E-state index contributed by atoms with van der Waals surface area (Å²) in [5.74, 6) is -1.06. The van der Waals surface area contributed by atoms with Gasteiger partial charge >= 0.3 is 5.97 Å². The van der Waals surface area contributed by atoms with Crippen LogP contribution in [0.25, 0.3) is 0 Å². The molecular formula is C15H20N2O4. The summed E-state index contributed by atoms with van der Waals surface area (Å²) in [6, 6.07) is 9.19. The van der Waals surface area contributed by atoms with E-state index in [9.17, 15) is 14.4 Å². The largest absolute Gasteiger partial charge is 0.469 e. The van der Waals surface area contributed by atoms with E-state index < -0.39 is 0 Å². The molecule has 0 unspecified atom stereocenters. The lowest BCUT2D eigenvalue weighted by molar-refractivity contribution is -0.141. The fourth-order valence-electron chi connectivity index (χ4n) is 1.73. The first-order chi connectivity index (χ1) is 10.0. The minimum atomic E-state index is -0.386. The van der Waals surface area contributed by atoms with Gasteiger partial charge in [0.2, 0.25) is 11.8 Å². The van der Waals surface area contributed by atoms with Gasteiger partial charge in [0, 0.05) is 6.54 Å². The van der Waals surface area contributed by atoms with E-state index in [1.54, 1.807) is 11.9 Å². The van der Waals surface area contributed by atoms with Crippen molar-refractivity contribution in [3.05, 3.63) is 35.9 Å². The number of ether oxygens (including phenoxy) is 1. The Kier molecular flexibility index (Phi) is 7.11. The number of benzene rings is 1. The van der Waals surface area contributed by atoms with Crippen LogP contribution in [0.2, 0.25) is 0 Å². The fraction of sp³-hybridized carbons (Fsp3) is 0.400. The molecule has 0 aliphatic rings. The zero-order valence-electron chi connectivity index (χ0n) is 12.3. The van der Waals surface area contributed by atoms with Gasteiger partial charge in [-0.1, -0.05) is 30.3 Å². The molecular weight excluding hydrogens is 272 g/mol. The van der Waals surface area contributed by atoms with E-state index in [2.05, 4.69) is 10.1 Å². The lowest BCUT2D eigenvalue weighted by Gasteiger charge is -2.15. The fourth-order valence-corrected chi connectivity index (χ4v) is 1.73. The number of imide groups is 1. The first-order valence-electron chi connectivity index (χ1n) is 6.63. The molecule has 0 aliphatic heterocycles. The molecule has 1 aromatic carbocycles. The van der Waals surface area contributed by atoms with Crippen LogP contribution in [0.1, 0.15) is 12.0 Å². The van der Waals surface area contributed by atoms with Gasteiger partial charge in [0.25, 0.3) is 0 Å². The van der Waals surface area contributed by atoms with Crippen molar-refractivity contribution in [3.8, 4) is 0 Å². The molecule has 0 aromatic heterocycles. The number of esters is 1. The molecule has 0 heterocycles. The molecule has 0 saturated heterocycles. The second-order valence-electron chi connectivity index (χ2n) is 4.70. The molecule has 114 valence electrons. The molecule has 2 amide bonds. The van der Waals surface area contributed by atoms with Crippen molar-refractivity contribution in [1.82, 2.24) is 10.2 Å². The Morgan fingerprint density at radius 1 is 1.14 bits per heavy atom. The number of nitrogens with one attached hydrogen (secondary N) is 1. The predicted molar refractivity (Wildman–Crippen MR) is 77.4 cm³/mol. The smallest absolute Gasteiger partial charge is 0.306 e. The van der Waals surface area contributed by atoms with Crippen LogP contribution >= 0.6 is 0 Å². The monoisotopic (exact) mass is 292 g/mol. The SMILES string of the molecule is COC(=O)CCN(C)CC(=O)NC(=O)Cc1ccccc1. The number of likely N-dealkylation sites (N-methyl/N-ethyl adjacent to an activating group) is 1. The van der Waals surface area contributed by atoms with Crippen molar-refractivity contribution in [2.24, 2.45) is 0 Å². The number of hydrogen-bond donors (Lipinski definition) is 1. The molecule has 1 aromatic rings. The summed E-state index contributed by atoms with van der Waals surface area (Å²) < 4.78 is 4.52. The maximum absolute atomic E-state index is 11.7. The maximum atomic E-state index is 11.7. The van der Waals surface area contributed by atoms with Crippen LogP contribution in [-0.2, 0) is 25.5 Å². The highest BCUT2D eigenvalue weighted by Gasteiger charge is 2.12. The van der Waals surface area contributed by atoms with Gasteiger partial charge in [-0.3, -0.25) is 24.6 Å². The topological polar surface area (TPSA) is 75.7 Å². The van der Waals surface area contributed by atoms with Crippen LogP contribution in [0, 0.1) is 0 Å². The molecule has 0 fully saturated rings. The Morgan fingerprint density at radius 3 is 2.43 bits per heavy atom. The molecule has 6 heteroatoms. The molecule has 0 bridgehead atoms. The number of carbonyl (C=O) groups excluding carboxylic acids is 3. The summed E-state index contributed by atoms with van der Waals surface area (Å²) in [6.45, 7) is 0.449. The van der Waals surface area contributed by atoms with Gasteiger partial charge in [0.1, 0.15) is 0 Å². The Labute approximate surface area is 124 Å². The number of carbonyl (C=O) groups is 3. The molecule has 0 spiro atoms. The molecule has 0 saturated carbocycles. The molecule has 0 aliphatic carbocycles. The number of nitrogens with zero attached hydrogens (tertiary/aromatic N) is 1. The highest BCUT2D eigenvalue weighted by Crippen LogP contribution is 1.99. The van der Waals surface area contributed by atoms with Crippen LogP contribution in [-0.4, -0.2) is 49.9 Å². The summed E-state index contributed by atoms with van der Waals surface area (Å²) in [7, 11) is 3.02. The Morgan fingerprint density at radius 2 is 1.81 bits per heavy atom. The van der Waals surface area contributed by atoms with Crippen LogP contribution in [0.15, 0.2) is 30.3 Å². The van der Waals surface area contributed by atoms with Crippen molar-refractivity contribution < 1.29 is 19.1 Å². The second-order valence-corrected chi connectivity index (χ2v) is 4.70. The molecule has 0 radical (unpaired) electrons. The van der Waals surface area contributed by atoms with Gasteiger partial charge in [-0.05, 0) is 12.6 Å². The molecule has 1 N–H and O–H groups in total. The minimum Gasteiger partial charge on any atom is -0.469 e. The maximum Gasteiger partial charge on any atom is 0.306 e. The Balaban J connectivity index is 2.29. The second kappa shape index (κ2) is 8.86. The molecule has 1 rings (SSSR count). The van der Waals surface area contributed by atoms with Gasteiger partial charge in [-0.15, -0.1) is 0 Å². The Bertz CT molecular complexity index is 488. The molecule has 0 atom stereocenters. The zero-order chi connectivity index (χ0) is 15.7. The number of rotatable bonds is 7. The van der Waals surface area contributed by atoms with Crippen LogP contribution < -0.4 is 5.32 Å². The van der Waals surface area contributed by atoms with Gasteiger partial charge < -0.3 is 4.74 Å². The van der Waals surface area contributed by atoms with Crippen LogP contribution in [0.4, 0.5) is 0 Å². The van der Waals surface area contributed by atoms with E-state index in [0.29, 0.717) is 6.54 Å². The standard InChI is InChI=1S/C15H20N2O4/c1-17(9-8-15(20)21-2)11-14(19)16-13(18)10-12-6-4-3-5-7-12/h3-7H,8-11H2,1-2H3,(H,16,18,19). The van der Waals surface area contributed by atoms with E-state index in [1.807, 2.05) is 30.3 Å². The quantitative estimate of drug-likeness (QED) is 0.735. The zero-order valence-corrected chi connectivity index (χ0v) is 12.3. The molecule has 21 heavy (non-hydrogen) atoms. The summed E-state index contributed by atoms with van der Waals surface area (Å²) in [6.07, 6.45) is 0.372. The van der Waals surface area contributed by atoms with E-state index in [0.717, 1.165) is 5.56 Å². The van der Waals surface area contributed by atoms with E-state index in [4.69, 9.17) is 0 Å². The van der Waals surface area contributed by atoms with E-state index in [-0.39, 0.29) is 37.2 Å². The van der Waals surface area contributed by atoms with E-state index in [1.165, 1.54) is 7.11 Å². The number of methoxy groups -OCH3 is 1. The van der Waals surface area contributed by atoms with E-state index >= 15 is 0 Å². The van der Waals surface area contributed by atoms with Crippen molar-refractivity contribution >= 4 is 17.8 Å². The highest BCUT2D eigenvalue weighted by atomic mass is 16.5. The lowest BCUT2D eigenvalue weighted by Crippen LogP contribution is -2.39. The summed E-state index contributed by atoms with van der Waals surface area (Å²) >= 11 is 0. The predicted octanol–water partition coefficient (Wildman–Crippen LogP) is 0.367. The summed E-state index contributed by atoms with van der Waals surface area (Å²) in [5.41, 5.74) is 0.849. The third-order valence-electron chi connectivity index (χ3n) is 2.83. The van der Waals surface area contributed by atoms with Gasteiger partial charge in [-0.2, -0.15) is 0 Å². The van der Waals surface area contributed by atoms with Crippen molar-refractivity contribution in [2.45, 2.75) is 12.8 Å². The van der Waals surface area contributed by atoms with Crippen LogP contribution in [0.3, 0.4) is 0 Å². The average molecular weight is 292 g/mol. The third-order valence-corrected chi connectivity index (χ3v) is 2.83. The molecule has 6 nitrogen and oxygen atoms in total. The van der Waals surface area contributed by atoms with Crippen LogP contribution in [0.5, 0.6) is 0 Å². The normalized spacial score (nSPS) is 10.2. The minimum absolute atomic E-state index is 0.0531. The van der Waals surface area contributed by atoms with Gasteiger partial charge in [0.15, 0.2) is 0 Å². The Hall–Kier alpha value is -2.21. The first-order valence-corrected chi connectivity index (χ1v) is 6.63. The average Bonchev–Trinajstić information content (AvgIpc) is 2.45. The van der Waals surface area contributed by atoms with Crippen molar-refractivity contribution in [1.29, 1.82) is 0 Å². The van der Waals surface area contributed by atoms with Crippen molar-refractivity contribution in [2.75, 3.05) is 27.2 Å². The summed E-state index contributed by atoms with van der Waals surface area (Å²) in [5, 5.41) is 2.33. The third kappa shape index (κ3) is 7.22. The van der Waals surface area contributed by atoms with Gasteiger partial charge in [-0.25, -0.2) is 0 Å². The van der Waals surface area contributed by atoms with Gasteiger partial charge in [0.05, 0.1) is 26.5 Å². The highest BCUT2D eigenvalue weighted by molar-refractivity contribution is 5.96. The lowest BCUT2D eigenvalue weighted by atomic mass is 10.1. The number of amides is 2.